The van der Waals surface area contributed by atoms with E-state index in [4.69, 9.17) is 10.7 Å². The SMILES string of the molecule is CC1CCC(N)(c2nc(-c3cccc(Br)c3)cs2)CC1. The highest BCUT2D eigenvalue weighted by molar-refractivity contribution is 9.10. The summed E-state index contributed by atoms with van der Waals surface area (Å²) in [6.07, 6.45) is 4.53. The topological polar surface area (TPSA) is 38.9 Å². The van der Waals surface area contributed by atoms with E-state index in [1.54, 1.807) is 11.3 Å². The summed E-state index contributed by atoms with van der Waals surface area (Å²) >= 11 is 5.22. The Labute approximate surface area is 132 Å². The van der Waals surface area contributed by atoms with Gasteiger partial charge in [0.15, 0.2) is 0 Å². The largest absolute Gasteiger partial charge is 0.319 e. The van der Waals surface area contributed by atoms with Crippen molar-refractivity contribution in [3.8, 4) is 11.3 Å². The van der Waals surface area contributed by atoms with Crippen molar-refractivity contribution in [3.05, 3.63) is 39.1 Å². The number of nitrogens with two attached hydrogens (primary N) is 1. The van der Waals surface area contributed by atoms with Gasteiger partial charge >= 0.3 is 0 Å². The van der Waals surface area contributed by atoms with Crippen LogP contribution in [0, 0.1) is 5.92 Å². The monoisotopic (exact) mass is 350 g/mol. The van der Waals surface area contributed by atoms with Crippen LogP contribution in [-0.2, 0) is 5.54 Å². The average molecular weight is 351 g/mol. The van der Waals surface area contributed by atoms with Gasteiger partial charge in [-0.2, -0.15) is 0 Å². The summed E-state index contributed by atoms with van der Waals surface area (Å²) in [5.41, 5.74) is 8.58. The van der Waals surface area contributed by atoms with Crippen molar-refractivity contribution in [1.29, 1.82) is 0 Å². The minimum Gasteiger partial charge on any atom is -0.319 e. The fourth-order valence-electron chi connectivity index (χ4n) is 2.77. The van der Waals surface area contributed by atoms with E-state index in [1.165, 1.54) is 12.8 Å². The summed E-state index contributed by atoms with van der Waals surface area (Å²) in [5, 5.41) is 3.23. The summed E-state index contributed by atoms with van der Waals surface area (Å²) in [6, 6.07) is 8.27. The van der Waals surface area contributed by atoms with E-state index in [2.05, 4.69) is 40.4 Å². The maximum absolute atomic E-state index is 6.60. The Morgan fingerprint density at radius 3 is 2.80 bits per heavy atom. The minimum absolute atomic E-state index is 0.207. The standard InChI is InChI=1S/C16H19BrN2S/c1-11-5-7-16(18,8-6-11)15-19-14(10-20-15)12-3-2-4-13(17)9-12/h2-4,9-11H,5-8,18H2,1H3. The first-order chi connectivity index (χ1) is 9.57. The molecule has 1 saturated carbocycles. The molecular formula is C16H19BrN2S. The molecule has 0 spiro atoms. The molecule has 0 radical (unpaired) electrons. The van der Waals surface area contributed by atoms with Gasteiger partial charge in [0.25, 0.3) is 0 Å². The predicted molar refractivity (Wildman–Crippen MR) is 88.7 cm³/mol. The highest BCUT2D eigenvalue weighted by Gasteiger charge is 2.34. The molecule has 1 heterocycles. The van der Waals surface area contributed by atoms with E-state index in [-0.39, 0.29) is 5.54 Å². The lowest BCUT2D eigenvalue weighted by molar-refractivity contribution is 0.247. The summed E-state index contributed by atoms with van der Waals surface area (Å²) in [4.78, 5) is 4.81. The lowest BCUT2D eigenvalue weighted by Crippen LogP contribution is -2.40. The number of thiazole rings is 1. The van der Waals surface area contributed by atoms with Crippen molar-refractivity contribution in [2.45, 2.75) is 38.1 Å². The minimum atomic E-state index is -0.207. The van der Waals surface area contributed by atoms with Gasteiger partial charge in [-0.1, -0.05) is 35.0 Å². The van der Waals surface area contributed by atoms with Gasteiger partial charge in [0.1, 0.15) is 5.01 Å². The number of hydrogen-bond donors (Lipinski definition) is 1. The molecular weight excluding hydrogens is 332 g/mol. The van der Waals surface area contributed by atoms with Gasteiger partial charge in [-0.15, -0.1) is 11.3 Å². The number of rotatable bonds is 2. The van der Waals surface area contributed by atoms with Crippen LogP contribution in [0.4, 0.5) is 0 Å². The molecule has 2 nitrogen and oxygen atoms in total. The van der Waals surface area contributed by atoms with Crippen molar-refractivity contribution < 1.29 is 0 Å². The zero-order valence-corrected chi connectivity index (χ0v) is 14.0. The first kappa shape index (κ1) is 14.2. The zero-order valence-electron chi connectivity index (χ0n) is 11.6. The Hall–Kier alpha value is -0.710. The summed E-state index contributed by atoms with van der Waals surface area (Å²) in [5.74, 6) is 0.802. The normalized spacial score (nSPS) is 26.6. The first-order valence-corrected chi connectivity index (χ1v) is 8.75. The molecule has 1 aliphatic rings. The van der Waals surface area contributed by atoms with Gasteiger partial charge in [0.2, 0.25) is 0 Å². The summed E-state index contributed by atoms with van der Waals surface area (Å²) in [7, 11) is 0. The molecule has 1 aliphatic carbocycles. The third-order valence-electron chi connectivity index (χ3n) is 4.22. The van der Waals surface area contributed by atoms with Gasteiger partial charge in [0.05, 0.1) is 11.2 Å². The fraction of sp³-hybridized carbons (Fsp3) is 0.438. The van der Waals surface area contributed by atoms with Crippen LogP contribution in [0.1, 0.15) is 37.6 Å². The average Bonchev–Trinajstić information content (AvgIpc) is 2.93. The van der Waals surface area contributed by atoms with Crippen molar-refractivity contribution in [2.24, 2.45) is 11.7 Å². The van der Waals surface area contributed by atoms with Gasteiger partial charge in [-0.25, -0.2) is 4.98 Å². The van der Waals surface area contributed by atoms with E-state index in [0.717, 1.165) is 39.5 Å². The number of benzene rings is 1. The van der Waals surface area contributed by atoms with Gasteiger partial charge in [-0.3, -0.25) is 0 Å². The molecule has 2 aromatic rings. The molecule has 1 aromatic carbocycles. The van der Waals surface area contributed by atoms with Crippen LogP contribution in [-0.4, -0.2) is 4.98 Å². The van der Waals surface area contributed by atoms with Crippen LogP contribution in [0.5, 0.6) is 0 Å². The maximum Gasteiger partial charge on any atom is 0.113 e. The van der Waals surface area contributed by atoms with Crippen molar-refractivity contribution in [2.75, 3.05) is 0 Å². The van der Waals surface area contributed by atoms with Gasteiger partial charge in [-0.05, 0) is 43.7 Å². The second-order valence-electron chi connectivity index (χ2n) is 5.89. The zero-order chi connectivity index (χ0) is 14.2. The van der Waals surface area contributed by atoms with Gasteiger partial charge < -0.3 is 5.73 Å². The molecule has 0 unspecified atom stereocenters. The fourth-order valence-corrected chi connectivity index (χ4v) is 4.18. The number of aromatic nitrogens is 1. The second-order valence-corrected chi connectivity index (χ2v) is 7.66. The van der Waals surface area contributed by atoms with Crippen LogP contribution in [0.15, 0.2) is 34.1 Å². The van der Waals surface area contributed by atoms with Crippen LogP contribution in [0.25, 0.3) is 11.3 Å². The smallest absolute Gasteiger partial charge is 0.113 e. The molecule has 1 fully saturated rings. The predicted octanol–water partition coefficient (Wildman–Crippen LogP) is 4.94. The summed E-state index contributed by atoms with van der Waals surface area (Å²) in [6.45, 7) is 2.31. The van der Waals surface area contributed by atoms with Crippen molar-refractivity contribution in [1.82, 2.24) is 4.98 Å². The number of nitrogens with zero attached hydrogens (tertiary/aromatic N) is 1. The second kappa shape index (κ2) is 5.58. The quantitative estimate of drug-likeness (QED) is 0.833. The number of halogens is 1. The third-order valence-corrected chi connectivity index (χ3v) is 5.77. The van der Waals surface area contributed by atoms with E-state index in [0.29, 0.717) is 0 Å². The van der Waals surface area contributed by atoms with E-state index in [9.17, 15) is 0 Å². The number of hydrogen-bond acceptors (Lipinski definition) is 3. The molecule has 0 amide bonds. The maximum atomic E-state index is 6.60. The lowest BCUT2D eigenvalue weighted by Gasteiger charge is -2.34. The Balaban J connectivity index is 1.87. The summed E-state index contributed by atoms with van der Waals surface area (Å²) < 4.78 is 1.08. The third kappa shape index (κ3) is 2.83. The molecule has 4 heteroatoms. The lowest BCUT2D eigenvalue weighted by atomic mass is 9.78. The molecule has 20 heavy (non-hydrogen) atoms. The van der Waals surface area contributed by atoms with Crippen LogP contribution < -0.4 is 5.73 Å². The van der Waals surface area contributed by atoms with Crippen molar-refractivity contribution >= 4 is 27.3 Å². The Kier molecular flexibility index (Phi) is 3.98. The van der Waals surface area contributed by atoms with E-state index >= 15 is 0 Å². The molecule has 0 atom stereocenters. The van der Waals surface area contributed by atoms with E-state index in [1.807, 2.05) is 12.1 Å². The van der Waals surface area contributed by atoms with Crippen LogP contribution in [0.3, 0.4) is 0 Å². The molecule has 106 valence electrons. The van der Waals surface area contributed by atoms with Crippen LogP contribution in [0.2, 0.25) is 0 Å². The Morgan fingerprint density at radius 1 is 1.35 bits per heavy atom. The Morgan fingerprint density at radius 2 is 2.10 bits per heavy atom. The molecule has 3 rings (SSSR count). The van der Waals surface area contributed by atoms with Crippen LogP contribution >= 0.6 is 27.3 Å². The molecule has 0 bridgehead atoms. The molecule has 2 N–H and O–H groups in total. The molecule has 0 aliphatic heterocycles. The highest BCUT2D eigenvalue weighted by atomic mass is 79.9. The highest BCUT2D eigenvalue weighted by Crippen LogP contribution is 2.39. The van der Waals surface area contributed by atoms with Gasteiger partial charge in [0, 0.05) is 15.4 Å². The Bertz CT molecular complexity index is 600. The van der Waals surface area contributed by atoms with Crippen molar-refractivity contribution in [3.63, 3.8) is 0 Å². The molecule has 1 aromatic heterocycles. The molecule has 0 saturated heterocycles. The first-order valence-electron chi connectivity index (χ1n) is 7.08. The van der Waals surface area contributed by atoms with E-state index < -0.39 is 0 Å².